The normalized spacial score (nSPS) is 15.2. The Morgan fingerprint density at radius 1 is 1.11 bits per heavy atom. The Morgan fingerprint density at radius 3 is 1.78 bits per heavy atom. The van der Waals surface area contributed by atoms with Gasteiger partial charge >= 0.3 is 18.4 Å². The summed E-state index contributed by atoms with van der Waals surface area (Å²) < 4.78 is 74.5. The van der Waals surface area contributed by atoms with E-state index in [0.29, 0.717) is 6.42 Å². The Balaban J connectivity index is 5.01. The zero-order valence-electron chi connectivity index (χ0n) is 9.96. The van der Waals surface area contributed by atoms with E-state index in [1.54, 1.807) is 6.92 Å². The first-order chi connectivity index (χ1) is 7.85. The molecule has 0 radical (unpaired) electrons. The van der Waals surface area contributed by atoms with Crippen LogP contribution in [-0.2, 0) is 0 Å². The maximum atomic E-state index is 12.4. The van der Waals surface area contributed by atoms with Crippen LogP contribution in [0.3, 0.4) is 0 Å². The van der Waals surface area contributed by atoms with Crippen LogP contribution in [0, 0.1) is 0 Å². The number of carbonyl (C=O) groups excluding carboxylic acids is 1. The summed E-state index contributed by atoms with van der Waals surface area (Å²) in [4.78, 5) is 11.1. The fourth-order valence-electron chi connectivity index (χ4n) is 0.891. The third kappa shape index (κ3) is 3.67. The van der Waals surface area contributed by atoms with Crippen LogP contribution >= 0.6 is 0 Å². The highest BCUT2D eigenvalue weighted by Gasteiger charge is 2.68. The molecular formula is C9H14F6N2O. The quantitative estimate of drug-likeness (QED) is 0.767. The highest BCUT2D eigenvalue weighted by molar-refractivity contribution is 5.75. The molecule has 0 rings (SSSR count). The molecule has 18 heavy (non-hydrogen) atoms. The minimum Gasteiger partial charge on any atom is -0.336 e. The number of rotatable bonds is 3. The van der Waals surface area contributed by atoms with Crippen LogP contribution < -0.4 is 10.6 Å². The van der Waals surface area contributed by atoms with Crippen molar-refractivity contribution in [3.63, 3.8) is 0 Å². The van der Waals surface area contributed by atoms with Crippen LogP contribution in [0.5, 0.6) is 0 Å². The van der Waals surface area contributed by atoms with Crippen LogP contribution in [0.1, 0.15) is 27.2 Å². The number of hydrogen-bond donors (Lipinski definition) is 2. The maximum absolute atomic E-state index is 12.4. The minimum absolute atomic E-state index is 0.122. The van der Waals surface area contributed by atoms with Gasteiger partial charge in [0.2, 0.25) is 5.54 Å². The molecule has 108 valence electrons. The molecule has 0 aromatic rings. The zero-order chi connectivity index (χ0) is 14.8. The van der Waals surface area contributed by atoms with Crippen molar-refractivity contribution in [2.45, 2.75) is 51.1 Å². The number of halogens is 6. The summed E-state index contributed by atoms with van der Waals surface area (Å²) in [6, 6.07) is -2.04. The Morgan fingerprint density at radius 2 is 1.50 bits per heavy atom. The first-order valence-corrected chi connectivity index (χ1v) is 5.07. The Labute approximate surface area is 99.9 Å². The average molecular weight is 280 g/mol. The molecule has 0 bridgehead atoms. The molecule has 1 unspecified atom stereocenters. The van der Waals surface area contributed by atoms with E-state index in [4.69, 9.17) is 0 Å². The first-order valence-electron chi connectivity index (χ1n) is 5.07. The van der Waals surface area contributed by atoms with Crippen LogP contribution in [-0.4, -0.2) is 30.0 Å². The molecule has 0 saturated heterocycles. The van der Waals surface area contributed by atoms with Gasteiger partial charge in [-0.25, -0.2) is 4.79 Å². The lowest BCUT2D eigenvalue weighted by Gasteiger charge is -2.34. The highest BCUT2D eigenvalue weighted by atomic mass is 19.4. The second-order valence-corrected chi connectivity index (χ2v) is 4.03. The van der Waals surface area contributed by atoms with Crippen molar-refractivity contribution >= 4 is 6.03 Å². The lowest BCUT2D eigenvalue weighted by atomic mass is 10.0. The number of hydrogen-bond acceptors (Lipinski definition) is 1. The molecule has 0 aromatic heterocycles. The molecule has 2 amide bonds. The average Bonchev–Trinajstić information content (AvgIpc) is 2.13. The smallest absolute Gasteiger partial charge is 0.336 e. The van der Waals surface area contributed by atoms with Crippen molar-refractivity contribution in [3.05, 3.63) is 0 Å². The van der Waals surface area contributed by atoms with Gasteiger partial charge in [-0.05, 0) is 20.3 Å². The van der Waals surface area contributed by atoms with Crippen molar-refractivity contribution in [1.29, 1.82) is 0 Å². The van der Waals surface area contributed by atoms with Crippen molar-refractivity contribution in [1.82, 2.24) is 10.6 Å². The summed E-state index contributed by atoms with van der Waals surface area (Å²) in [5.41, 5.74) is -4.28. The molecule has 0 spiro atoms. The van der Waals surface area contributed by atoms with Crippen molar-refractivity contribution in [2.24, 2.45) is 0 Å². The molecule has 0 aliphatic rings. The number of alkyl halides is 6. The largest absolute Gasteiger partial charge is 0.420 e. The van der Waals surface area contributed by atoms with Gasteiger partial charge in [-0.1, -0.05) is 6.92 Å². The van der Waals surface area contributed by atoms with Gasteiger partial charge in [-0.3, -0.25) is 0 Å². The maximum Gasteiger partial charge on any atom is 0.420 e. The van der Waals surface area contributed by atoms with E-state index in [-0.39, 0.29) is 6.92 Å². The van der Waals surface area contributed by atoms with Crippen LogP contribution in [0.25, 0.3) is 0 Å². The third-order valence-corrected chi connectivity index (χ3v) is 2.49. The summed E-state index contributed by atoms with van der Waals surface area (Å²) in [5.74, 6) is 0. The number of nitrogens with one attached hydrogen (secondary N) is 2. The summed E-state index contributed by atoms with van der Waals surface area (Å²) in [7, 11) is 0. The predicted molar refractivity (Wildman–Crippen MR) is 51.9 cm³/mol. The van der Waals surface area contributed by atoms with Gasteiger partial charge < -0.3 is 10.6 Å². The zero-order valence-corrected chi connectivity index (χ0v) is 9.96. The molecule has 0 heterocycles. The number of amides is 2. The van der Waals surface area contributed by atoms with E-state index in [9.17, 15) is 31.1 Å². The van der Waals surface area contributed by atoms with E-state index < -0.39 is 30.0 Å². The molecule has 9 heteroatoms. The SMILES string of the molecule is CCC(C)NC(=O)NC(C)(C(F)(F)F)C(F)(F)F. The first kappa shape index (κ1) is 16.9. The summed E-state index contributed by atoms with van der Waals surface area (Å²) >= 11 is 0. The van der Waals surface area contributed by atoms with Crippen LogP contribution in [0.15, 0.2) is 0 Å². The molecule has 2 N–H and O–H groups in total. The molecule has 1 atom stereocenters. The van der Waals surface area contributed by atoms with Gasteiger partial charge in [0.25, 0.3) is 0 Å². The minimum atomic E-state index is -5.64. The monoisotopic (exact) mass is 280 g/mol. The van der Waals surface area contributed by atoms with E-state index in [1.165, 1.54) is 6.92 Å². The van der Waals surface area contributed by atoms with Gasteiger partial charge in [0.15, 0.2) is 0 Å². The van der Waals surface area contributed by atoms with Gasteiger partial charge in [0, 0.05) is 6.04 Å². The van der Waals surface area contributed by atoms with Gasteiger partial charge in [-0.15, -0.1) is 0 Å². The summed E-state index contributed by atoms with van der Waals surface area (Å²) in [5, 5.41) is 2.92. The molecule has 0 aliphatic heterocycles. The molecule has 3 nitrogen and oxygen atoms in total. The van der Waals surface area contributed by atoms with E-state index in [1.807, 2.05) is 5.32 Å². The molecule has 0 aromatic carbocycles. The van der Waals surface area contributed by atoms with Crippen LogP contribution in [0.4, 0.5) is 31.1 Å². The van der Waals surface area contributed by atoms with E-state index in [2.05, 4.69) is 0 Å². The second-order valence-electron chi connectivity index (χ2n) is 4.03. The second kappa shape index (κ2) is 5.23. The Kier molecular flexibility index (Phi) is 4.90. The Bertz CT molecular complexity index is 284. The third-order valence-electron chi connectivity index (χ3n) is 2.49. The van der Waals surface area contributed by atoms with E-state index >= 15 is 0 Å². The Hall–Kier alpha value is -1.15. The fraction of sp³-hybridized carbons (Fsp3) is 0.889. The standard InChI is InChI=1S/C9H14F6N2O/c1-4-5(2)16-6(18)17-7(3,8(10,11)12)9(13,14)15/h5H,4H2,1-3H3,(H2,16,17,18). The molecular weight excluding hydrogens is 266 g/mol. The highest BCUT2D eigenvalue weighted by Crippen LogP contribution is 2.42. The van der Waals surface area contributed by atoms with E-state index in [0.717, 1.165) is 5.32 Å². The van der Waals surface area contributed by atoms with Gasteiger partial charge in [-0.2, -0.15) is 26.3 Å². The van der Waals surface area contributed by atoms with Crippen molar-refractivity contribution in [3.8, 4) is 0 Å². The molecule has 0 aliphatic carbocycles. The topological polar surface area (TPSA) is 41.1 Å². The number of carbonyl (C=O) groups is 1. The van der Waals surface area contributed by atoms with Gasteiger partial charge in [0.1, 0.15) is 0 Å². The summed E-state index contributed by atoms with van der Waals surface area (Å²) in [6.45, 7) is 2.96. The lowest BCUT2D eigenvalue weighted by molar-refractivity contribution is -0.297. The van der Waals surface area contributed by atoms with Crippen LogP contribution in [0.2, 0.25) is 0 Å². The fourth-order valence-corrected chi connectivity index (χ4v) is 0.891. The van der Waals surface area contributed by atoms with Gasteiger partial charge in [0.05, 0.1) is 0 Å². The summed E-state index contributed by atoms with van der Waals surface area (Å²) in [6.07, 6.45) is -10.9. The predicted octanol–water partition coefficient (Wildman–Crippen LogP) is 2.97. The van der Waals surface area contributed by atoms with Crippen molar-refractivity contribution in [2.75, 3.05) is 0 Å². The molecule has 0 saturated carbocycles. The lowest BCUT2D eigenvalue weighted by Crippen LogP contribution is -2.67. The number of urea groups is 1. The van der Waals surface area contributed by atoms with Crippen molar-refractivity contribution < 1.29 is 31.1 Å². The molecule has 0 fully saturated rings.